The first-order valence-corrected chi connectivity index (χ1v) is 9.77. The van der Waals surface area contributed by atoms with Crippen LogP contribution in [0.5, 0.6) is 0 Å². The van der Waals surface area contributed by atoms with E-state index in [4.69, 9.17) is 0 Å². The van der Waals surface area contributed by atoms with Crippen LogP contribution >= 0.6 is 0 Å². The van der Waals surface area contributed by atoms with Crippen molar-refractivity contribution in [2.75, 3.05) is 5.32 Å². The third-order valence-corrected chi connectivity index (χ3v) is 4.75. The molecule has 6 heteroatoms. The molecule has 2 N–H and O–H groups in total. The molecule has 0 spiro atoms. The van der Waals surface area contributed by atoms with Crippen molar-refractivity contribution < 1.29 is 4.79 Å². The number of aryl methyl sites for hydroxylation is 1. The van der Waals surface area contributed by atoms with Gasteiger partial charge in [0, 0.05) is 43.8 Å². The van der Waals surface area contributed by atoms with Crippen molar-refractivity contribution in [3.8, 4) is 11.1 Å². The molecule has 0 saturated carbocycles. The van der Waals surface area contributed by atoms with Gasteiger partial charge in [-0.25, -0.2) is 0 Å². The number of hydrogen-bond acceptors (Lipinski definition) is 4. The first kappa shape index (κ1) is 19.4. The lowest BCUT2D eigenvalue weighted by Gasteiger charge is -2.10. The first-order chi connectivity index (χ1) is 14.7. The van der Waals surface area contributed by atoms with Gasteiger partial charge in [0.25, 0.3) is 5.91 Å². The Kier molecular flexibility index (Phi) is 5.85. The quantitative estimate of drug-likeness (QED) is 0.494. The Morgan fingerprint density at radius 3 is 2.57 bits per heavy atom. The van der Waals surface area contributed by atoms with E-state index in [1.165, 1.54) is 0 Å². The van der Waals surface area contributed by atoms with Crippen LogP contribution in [0.25, 0.3) is 11.1 Å². The second-order valence-corrected chi connectivity index (χ2v) is 7.05. The summed E-state index contributed by atoms with van der Waals surface area (Å²) in [5.74, 6) is -0.193. The molecule has 0 radical (unpaired) electrons. The van der Waals surface area contributed by atoms with Crippen molar-refractivity contribution in [2.24, 2.45) is 7.05 Å². The number of rotatable bonds is 7. The molecule has 2 aromatic carbocycles. The van der Waals surface area contributed by atoms with Crippen LogP contribution < -0.4 is 10.6 Å². The Labute approximate surface area is 175 Å². The molecule has 0 aliphatic carbocycles. The lowest BCUT2D eigenvalue weighted by molar-refractivity contribution is 0.0946. The van der Waals surface area contributed by atoms with Crippen molar-refractivity contribution in [1.82, 2.24) is 20.1 Å². The largest absolute Gasteiger partial charge is 0.381 e. The van der Waals surface area contributed by atoms with Crippen LogP contribution in [0, 0.1) is 0 Å². The maximum Gasteiger partial charge on any atom is 0.270 e. The van der Waals surface area contributed by atoms with E-state index in [0.29, 0.717) is 18.8 Å². The Bertz CT molecular complexity index is 1140. The summed E-state index contributed by atoms with van der Waals surface area (Å²) >= 11 is 0. The van der Waals surface area contributed by atoms with Crippen LogP contribution in [-0.2, 0) is 20.1 Å². The molecule has 0 unspecified atom stereocenters. The first-order valence-electron chi connectivity index (χ1n) is 9.77. The van der Waals surface area contributed by atoms with Crippen LogP contribution in [0.4, 0.5) is 5.69 Å². The summed E-state index contributed by atoms with van der Waals surface area (Å²) in [6.45, 7) is 1.11. The molecular weight excluding hydrogens is 374 g/mol. The van der Waals surface area contributed by atoms with Crippen molar-refractivity contribution in [1.29, 1.82) is 0 Å². The lowest BCUT2D eigenvalue weighted by atomic mass is 10.1. The van der Waals surface area contributed by atoms with Crippen LogP contribution in [0.1, 0.15) is 21.6 Å². The standard InChI is InChI=1S/C24H23N5O/c1-29-17-21(16-28-29)20-9-5-8-19(12-20)15-26-22-10-11-25-23(13-22)24(30)27-14-18-6-3-2-4-7-18/h2-13,16-17H,14-15H2,1H3,(H,25,26)(H,27,30). The zero-order valence-electron chi connectivity index (χ0n) is 16.7. The highest BCUT2D eigenvalue weighted by Gasteiger charge is 2.08. The van der Waals surface area contributed by atoms with E-state index in [2.05, 4.69) is 38.9 Å². The summed E-state index contributed by atoms with van der Waals surface area (Å²) < 4.78 is 1.79. The predicted octanol–water partition coefficient (Wildman–Crippen LogP) is 4.02. The molecule has 0 aliphatic rings. The minimum absolute atomic E-state index is 0.193. The Morgan fingerprint density at radius 2 is 1.77 bits per heavy atom. The molecule has 2 aromatic heterocycles. The van der Waals surface area contributed by atoms with Gasteiger partial charge < -0.3 is 10.6 Å². The van der Waals surface area contributed by atoms with Gasteiger partial charge in [0.1, 0.15) is 5.69 Å². The highest BCUT2D eigenvalue weighted by Crippen LogP contribution is 2.20. The molecule has 0 saturated heterocycles. The van der Waals surface area contributed by atoms with Crippen LogP contribution in [-0.4, -0.2) is 20.7 Å². The molecule has 0 aliphatic heterocycles. The summed E-state index contributed by atoms with van der Waals surface area (Å²) in [6, 6.07) is 21.8. The van der Waals surface area contributed by atoms with Crippen molar-refractivity contribution in [3.05, 3.63) is 102 Å². The molecule has 1 amide bonds. The molecule has 6 nitrogen and oxygen atoms in total. The Morgan fingerprint density at radius 1 is 0.933 bits per heavy atom. The van der Waals surface area contributed by atoms with E-state index in [1.54, 1.807) is 16.9 Å². The maximum atomic E-state index is 12.4. The third kappa shape index (κ3) is 4.91. The fourth-order valence-corrected chi connectivity index (χ4v) is 3.17. The van der Waals surface area contributed by atoms with Gasteiger partial charge in [0.15, 0.2) is 0 Å². The molecule has 4 aromatic rings. The van der Waals surface area contributed by atoms with Gasteiger partial charge in [0.2, 0.25) is 0 Å². The van der Waals surface area contributed by atoms with E-state index in [-0.39, 0.29) is 5.91 Å². The van der Waals surface area contributed by atoms with Gasteiger partial charge in [0.05, 0.1) is 6.20 Å². The van der Waals surface area contributed by atoms with E-state index in [1.807, 2.05) is 61.9 Å². The average molecular weight is 397 g/mol. The zero-order chi connectivity index (χ0) is 20.8. The number of nitrogens with zero attached hydrogens (tertiary/aromatic N) is 3. The van der Waals surface area contributed by atoms with Crippen molar-refractivity contribution in [2.45, 2.75) is 13.1 Å². The SMILES string of the molecule is Cn1cc(-c2cccc(CNc3ccnc(C(=O)NCc4ccccc4)c3)c2)cn1. The summed E-state index contributed by atoms with van der Waals surface area (Å²) in [5.41, 5.74) is 5.64. The summed E-state index contributed by atoms with van der Waals surface area (Å²) in [5, 5.41) is 10.5. The van der Waals surface area contributed by atoms with E-state index in [9.17, 15) is 4.79 Å². The van der Waals surface area contributed by atoms with Crippen molar-refractivity contribution in [3.63, 3.8) is 0 Å². The van der Waals surface area contributed by atoms with Gasteiger partial charge in [-0.15, -0.1) is 0 Å². The zero-order valence-corrected chi connectivity index (χ0v) is 16.7. The monoisotopic (exact) mass is 397 g/mol. The van der Waals surface area contributed by atoms with E-state index in [0.717, 1.165) is 27.9 Å². The molecule has 150 valence electrons. The van der Waals surface area contributed by atoms with Gasteiger partial charge in [-0.2, -0.15) is 5.10 Å². The minimum atomic E-state index is -0.193. The summed E-state index contributed by atoms with van der Waals surface area (Å²) in [4.78, 5) is 16.6. The number of pyridine rings is 1. The summed E-state index contributed by atoms with van der Waals surface area (Å²) in [6.07, 6.45) is 5.50. The Balaban J connectivity index is 1.38. The third-order valence-electron chi connectivity index (χ3n) is 4.75. The second-order valence-electron chi connectivity index (χ2n) is 7.05. The number of amides is 1. The number of aromatic nitrogens is 3. The number of hydrogen-bond donors (Lipinski definition) is 2. The Hall–Kier alpha value is -3.93. The van der Waals surface area contributed by atoms with Gasteiger partial charge in [-0.1, -0.05) is 48.5 Å². The van der Waals surface area contributed by atoms with Crippen LogP contribution in [0.15, 0.2) is 85.3 Å². The average Bonchev–Trinajstić information content (AvgIpc) is 3.23. The number of carbonyl (C=O) groups is 1. The van der Waals surface area contributed by atoms with E-state index < -0.39 is 0 Å². The molecule has 0 fully saturated rings. The van der Waals surface area contributed by atoms with Crippen molar-refractivity contribution >= 4 is 11.6 Å². The molecule has 30 heavy (non-hydrogen) atoms. The summed E-state index contributed by atoms with van der Waals surface area (Å²) in [7, 11) is 1.91. The number of benzene rings is 2. The fraction of sp³-hybridized carbons (Fsp3) is 0.125. The molecule has 4 rings (SSSR count). The molecule has 2 heterocycles. The van der Waals surface area contributed by atoms with Crippen LogP contribution in [0.3, 0.4) is 0 Å². The number of anilines is 1. The van der Waals surface area contributed by atoms with Crippen LogP contribution in [0.2, 0.25) is 0 Å². The van der Waals surface area contributed by atoms with Gasteiger partial charge in [-0.3, -0.25) is 14.5 Å². The minimum Gasteiger partial charge on any atom is -0.381 e. The molecule has 0 bridgehead atoms. The molecule has 0 atom stereocenters. The molecular formula is C24H23N5O. The number of carbonyl (C=O) groups excluding carboxylic acids is 1. The van der Waals surface area contributed by atoms with Gasteiger partial charge in [-0.05, 0) is 34.9 Å². The maximum absolute atomic E-state index is 12.4. The van der Waals surface area contributed by atoms with Gasteiger partial charge >= 0.3 is 0 Å². The lowest BCUT2D eigenvalue weighted by Crippen LogP contribution is -2.23. The fourth-order valence-electron chi connectivity index (χ4n) is 3.17. The van der Waals surface area contributed by atoms with E-state index >= 15 is 0 Å². The highest BCUT2D eigenvalue weighted by molar-refractivity contribution is 5.93. The smallest absolute Gasteiger partial charge is 0.270 e. The normalized spacial score (nSPS) is 10.6. The topological polar surface area (TPSA) is 71.8 Å². The second kappa shape index (κ2) is 9.05. The highest BCUT2D eigenvalue weighted by atomic mass is 16.1. The predicted molar refractivity (Wildman–Crippen MR) is 118 cm³/mol. The number of nitrogens with one attached hydrogen (secondary N) is 2.